The number of aliphatic carboxylic acids is 1. The van der Waals surface area contributed by atoms with Crippen LogP contribution in [0.1, 0.15) is 18.7 Å². The van der Waals surface area contributed by atoms with Crippen LogP contribution in [0.25, 0.3) is 0 Å². The first-order valence-corrected chi connectivity index (χ1v) is 6.27. The van der Waals surface area contributed by atoms with Crippen molar-refractivity contribution in [1.29, 1.82) is 0 Å². The summed E-state index contributed by atoms with van der Waals surface area (Å²) in [6.07, 6.45) is 1.47. The molecule has 2 rings (SSSR count). The van der Waals surface area contributed by atoms with Gasteiger partial charge in [-0.05, 0) is 12.8 Å². The highest BCUT2D eigenvalue weighted by Crippen LogP contribution is 2.19. The summed E-state index contributed by atoms with van der Waals surface area (Å²) >= 11 is 0. The number of carboxylic acids is 1. The largest absolute Gasteiger partial charge is 0.479 e. The number of ether oxygens (including phenoxy) is 1. The number of carbonyl (C=O) groups is 2. The van der Waals surface area contributed by atoms with E-state index in [1.165, 1.54) is 11.2 Å². The maximum absolute atomic E-state index is 11.8. The minimum absolute atomic E-state index is 0.251. The molecule has 1 aromatic rings. The smallest absolute Gasteiger partial charge is 0.332 e. The summed E-state index contributed by atoms with van der Waals surface area (Å²) in [6, 6.07) is -0.274. The van der Waals surface area contributed by atoms with E-state index in [9.17, 15) is 9.59 Å². The predicted octanol–water partition coefficient (Wildman–Crippen LogP) is -0.422. The Hall–Kier alpha value is -2.16. The lowest BCUT2D eigenvalue weighted by Crippen LogP contribution is -2.41. The first kappa shape index (κ1) is 14.3. The lowest BCUT2D eigenvalue weighted by Gasteiger charge is -2.18. The van der Waals surface area contributed by atoms with Crippen LogP contribution in [0.15, 0.2) is 6.33 Å². The summed E-state index contributed by atoms with van der Waals surface area (Å²) in [4.78, 5) is 27.9. The number of rotatable bonds is 5. The van der Waals surface area contributed by atoms with Crippen LogP contribution >= 0.6 is 0 Å². The number of aromatic amines is 1. The molecule has 2 amide bonds. The van der Waals surface area contributed by atoms with Crippen LogP contribution in [0.5, 0.6) is 0 Å². The Balaban J connectivity index is 1.71. The summed E-state index contributed by atoms with van der Waals surface area (Å²) in [5.41, 5.74) is 0. The molecule has 1 aliphatic rings. The van der Waals surface area contributed by atoms with Crippen molar-refractivity contribution in [3.63, 3.8) is 0 Å². The summed E-state index contributed by atoms with van der Waals surface area (Å²) in [6.45, 7) is 0.610. The number of urea groups is 1. The van der Waals surface area contributed by atoms with Crippen LogP contribution in [0.4, 0.5) is 4.79 Å². The minimum Gasteiger partial charge on any atom is -0.479 e. The van der Waals surface area contributed by atoms with Gasteiger partial charge in [-0.2, -0.15) is 5.10 Å². The maximum atomic E-state index is 11.8. The molecule has 110 valence electrons. The van der Waals surface area contributed by atoms with Crippen LogP contribution in [0.3, 0.4) is 0 Å². The van der Waals surface area contributed by atoms with E-state index in [-0.39, 0.29) is 12.1 Å². The Morgan fingerprint density at radius 1 is 1.60 bits per heavy atom. The molecule has 0 aliphatic carbocycles. The van der Waals surface area contributed by atoms with Gasteiger partial charge in [0.15, 0.2) is 6.10 Å². The highest BCUT2D eigenvalue weighted by Gasteiger charge is 2.30. The zero-order valence-corrected chi connectivity index (χ0v) is 11.1. The zero-order chi connectivity index (χ0) is 14.5. The molecular formula is C11H17N5O4. The average molecular weight is 283 g/mol. The second-order valence-electron chi connectivity index (χ2n) is 4.64. The van der Waals surface area contributed by atoms with E-state index in [2.05, 4.69) is 20.5 Å². The van der Waals surface area contributed by atoms with E-state index in [1.807, 2.05) is 0 Å². The van der Waals surface area contributed by atoms with Crippen LogP contribution < -0.4 is 5.32 Å². The molecule has 0 radical (unpaired) electrons. The SMILES string of the molecule is CN(Cc1ncn[nH]1)C(=O)NCC1CCC(C(=O)O)O1. The van der Waals surface area contributed by atoms with Crippen molar-refractivity contribution in [2.45, 2.75) is 31.6 Å². The van der Waals surface area contributed by atoms with Gasteiger partial charge in [0.05, 0.1) is 12.6 Å². The van der Waals surface area contributed by atoms with Crippen molar-refractivity contribution in [2.24, 2.45) is 0 Å². The predicted molar refractivity (Wildman–Crippen MR) is 66.8 cm³/mol. The van der Waals surface area contributed by atoms with Gasteiger partial charge in [0.2, 0.25) is 0 Å². The fourth-order valence-corrected chi connectivity index (χ4v) is 1.98. The number of carbonyl (C=O) groups excluding carboxylic acids is 1. The standard InChI is InChI=1S/C11H17N5O4/c1-16(5-9-13-6-14-15-9)11(19)12-4-7-2-3-8(20-7)10(17)18/h6-8H,2-5H2,1H3,(H,12,19)(H,17,18)(H,13,14,15). The fourth-order valence-electron chi connectivity index (χ4n) is 1.98. The normalized spacial score (nSPS) is 21.6. The van der Waals surface area contributed by atoms with Gasteiger partial charge in [0.1, 0.15) is 12.2 Å². The average Bonchev–Trinajstić information content (AvgIpc) is 3.06. The van der Waals surface area contributed by atoms with E-state index in [0.717, 1.165) is 0 Å². The molecule has 0 spiro atoms. The van der Waals surface area contributed by atoms with Crippen LogP contribution in [-0.4, -0.2) is 63.0 Å². The van der Waals surface area contributed by atoms with Gasteiger partial charge in [0.25, 0.3) is 0 Å². The number of nitrogens with one attached hydrogen (secondary N) is 2. The molecule has 20 heavy (non-hydrogen) atoms. The van der Waals surface area contributed by atoms with Crippen LogP contribution in [0, 0.1) is 0 Å². The van der Waals surface area contributed by atoms with Gasteiger partial charge in [-0.25, -0.2) is 14.6 Å². The Bertz CT molecular complexity index is 463. The van der Waals surface area contributed by atoms with E-state index in [1.54, 1.807) is 7.05 Å². The van der Waals surface area contributed by atoms with Crippen molar-refractivity contribution in [3.8, 4) is 0 Å². The Morgan fingerprint density at radius 2 is 2.40 bits per heavy atom. The molecule has 0 saturated carbocycles. The number of H-pyrrole nitrogens is 1. The van der Waals surface area contributed by atoms with E-state index < -0.39 is 12.1 Å². The highest BCUT2D eigenvalue weighted by atomic mass is 16.5. The third kappa shape index (κ3) is 3.67. The van der Waals surface area contributed by atoms with E-state index >= 15 is 0 Å². The third-order valence-electron chi connectivity index (χ3n) is 3.06. The zero-order valence-electron chi connectivity index (χ0n) is 11.1. The summed E-state index contributed by atoms with van der Waals surface area (Å²) in [5, 5.41) is 17.9. The molecule has 1 saturated heterocycles. The first-order valence-electron chi connectivity index (χ1n) is 6.27. The Morgan fingerprint density at radius 3 is 3.00 bits per heavy atom. The van der Waals surface area contributed by atoms with Gasteiger partial charge in [0, 0.05) is 13.6 Å². The molecule has 3 N–H and O–H groups in total. The number of carboxylic acid groups (broad SMARTS) is 1. The lowest BCUT2D eigenvalue weighted by molar-refractivity contribution is -0.149. The number of amides is 2. The highest BCUT2D eigenvalue weighted by molar-refractivity contribution is 5.74. The summed E-state index contributed by atoms with van der Waals surface area (Å²) in [5.74, 6) is -0.369. The van der Waals surface area contributed by atoms with Gasteiger partial charge >= 0.3 is 12.0 Å². The molecule has 9 heteroatoms. The fraction of sp³-hybridized carbons (Fsp3) is 0.636. The van der Waals surface area contributed by atoms with Gasteiger partial charge in [-0.3, -0.25) is 5.10 Å². The number of nitrogens with zero attached hydrogens (tertiary/aromatic N) is 3. The molecule has 2 heterocycles. The topological polar surface area (TPSA) is 120 Å². The van der Waals surface area contributed by atoms with Crippen molar-refractivity contribution < 1.29 is 19.4 Å². The van der Waals surface area contributed by atoms with Crippen molar-refractivity contribution in [2.75, 3.05) is 13.6 Å². The van der Waals surface area contributed by atoms with E-state index in [4.69, 9.17) is 9.84 Å². The number of hydrogen-bond donors (Lipinski definition) is 3. The van der Waals surface area contributed by atoms with Crippen molar-refractivity contribution >= 4 is 12.0 Å². The number of aromatic nitrogens is 3. The molecule has 1 aromatic heterocycles. The first-order chi connectivity index (χ1) is 9.56. The molecule has 2 unspecified atom stereocenters. The Labute approximate surface area is 115 Å². The molecule has 1 aliphatic heterocycles. The van der Waals surface area contributed by atoms with E-state index in [0.29, 0.717) is 31.8 Å². The molecular weight excluding hydrogens is 266 g/mol. The quantitative estimate of drug-likeness (QED) is 0.675. The van der Waals surface area contributed by atoms with Crippen LogP contribution in [0.2, 0.25) is 0 Å². The molecule has 2 atom stereocenters. The van der Waals surface area contributed by atoms with Gasteiger partial charge < -0.3 is 20.1 Å². The third-order valence-corrected chi connectivity index (χ3v) is 3.06. The molecule has 0 aromatic carbocycles. The van der Waals surface area contributed by atoms with Crippen LogP contribution in [-0.2, 0) is 16.1 Å². The minimum atomic E-state index is -0.957. The Kier molecular flexibility index (Phi) is 4.51. The summed E-state index contributed by atoms with van der Waals surface area (Å²) < 4.78 is 5.30. The van der Waals surface area contributed by atoms with Crippen molar-refractivity contribution in [3.05, 3.63) is 12.2 Å². The van der Waals surface area contributed by atoms with Crippen molar-refractivity contribution in [1.82, 2.24) is 25.4 Å². The molecule has 0 bridgehead atoms. The maximum Gasteiger partial charge on any atom is 0.332 e. The second-order valence-corrected chi connectivity index (χ2v) is 4.64. The lowest BCUT2D eigenvalue weighted by atomic mass is 10.2. The monoisotopic (exact) mass is 283 g/mol. The van der Waals surface area contributed by atoms with Gasteiger partial charge in [-0.1, -0.05) is 0 Å². The number of hydrogen-bond acceptors (Lipinski definition) is 5. The van der Waals surface area contributed by atoms with Gasteiger partial charge in [-0.15, -0.1) is 0 Å². The second kappa shape index (κ2) is 6.33. The summed E-state index contributed by atoms with van der Waals surface area (Å²) in [7, 11) is 1.63. The molecule has 9 nitrogen and oxygen atoms in total. The molecule has 1 fully saturated rings.